The van der Waals surface area contributed by atoms with Crippen LogP contribution in [0.4, 0.5) is 11.4 Å². The second kappa shape index (κ2) is 20.5. The molecule has 0 spiro atoms. The molecule has 69 heavy (non-hydrogen) atoms. The molecule has 0 radical (unpaired) electrons. The molecule has 4 aromatic carbocycles. The average Bonchev–Trinajstić information content (AvgIpc) is 3.61. The molecule has 0 saturated carbocycles. The van der Waals surface area contributed by atoms with Crippen LogP contribution in [-0.2, 0) is 72.0 Å². The molecule has 2 heterocycles. The maximum Gasteiger partial charge on any atom is 0.303 e. The Hall–Kier alpha value is -4.75. The van der Waals surface area contributed by atoms with E-state index >= 15 is 0 Å². The number of carboxylic acid groups (broad SMARTS) is 1. The van der Waals surface area contributed by atoms with E-state index in [9.17, 15) is 61.8 Å². The number of anilines is 2. The SMILES string of the molecule is COCCc1cc(S(=O)(=O)O)c2ccc3c(c2c1)C(C)(CCCS(=O)(=O)O)C(/C=C/C=C/C=C1/N(CCCCCC(=O)O)c2ccc4c(S(=O)(=O)O)cc(S(=O)(=O)O)cc4c2C1(C)C)N3CCOC. The predicted octanol–water partition coefficient (Wildman–Crippen LogP) is 7.12. The van der Waals surface area contributed by atoms with Crippen LogP contribution in [0.25, 0.3) is 21.5 Å². The van der Waals surface area contributed by atoms with E-state index in [1.807, 2.05) is 50.0 Å². The normalized spacial score (nSPS) is 19.2. The van der Waals surface area contributed by atoms with E-state index in [0.29, 0.717) is 78.3 Å². The van der Waals surface area contributed by atoms with Gasteiger partial charge in [-0.3, -0.25) is 23.0 Å². The lowest BCUT2D eigenvalue weighted by atomic mass is 9.73. The number of methoxy groups -OCH3 is 2. The number of ether oxygens (including phenoxy) is 2. The molecule has 2 aliphatic rings. The Morgan fingerprint density at radius 1 is 0.681 bits per heavy atom. The smallest absolute Gasteiger partial charge is 0.303 e. The van der Waals surface area contributed by atoms with E-state index in [0.717, 1.165) is 5.69 Å². The lowest BCUT2D eigenvalue weighted by molar-refractivity contribution is -0.137. The van der Waals surface area contributed by atoms with Crippen LogP contribution >= 0.6 is 0 Å². The third-order valence-corrected chi connectivity index (χ3v) is 16.4. The van der Waals surface area contributed by atoms with E-state index in [-0.39, 0.29) is 53.5 Å². The van der Waals surface area contributed by atoms with Gasteiger partial charge in [-0.15, -0.1) is 0 Å². The highest BCUT2D eigenvalue weighted by atomic mass is 32.2. The maximum atomic E-state index is 12.9. The molecule has 0 amide bonds. The topological polar surface area (TPSA) is 280 Å². The van der Waals surface area contributed by atoms with Crippen LogP contribution in [0.3, 0.4) is 0 Å². The van der Waals surface area contributed by atoms with Crippen molar-refractivity contribution in [3.63, 3.8) is 0 Å². The Morgan fingerprint density at radius 3 is 1.90 bits per heavy atom. The number of hydrogen-bond donors (Lipinski definition) is 5. The highest BCUT2D eigenvalue weighted by molar-refractivity contribution is 7.87. The summed E-state index contributed by atoms with van der Waals surface area (Å²) in [7, 11) is -15.9. The van der Waals surface area contributed by atoms with Crippen LogP contribution in [0.2, 0.25) is 0 Å². The van der Waals surface area contributed by atoms with Gasteiger partial charge >= 0.3 is 5.97 Å². The molecule has 5 N–H and O–H groups in total. The molecule has 2 atom stereocenters. The van der Waals surface area contributed by atoms with Crippen molar-refractivity contribution in [3.8, 4) is 0 Å². The number of benzene rings is 4. The fourth-order valence-electron chi connectivity index (χ4n) is 10.0. The monoisotopic (exact) mass is 1030 g/mol. The van der Waals surface area contributed by atoms with Gasteiger partial charge in [0, 0.05) is 72.4 Å². The summed E-state index contributed by atoms with van der Waals surface area (Å²) in [5.41, 5.74) is 1.95. The van der Waals surface area contributed by atoms with Gasteiger partial charge in [-0.05, 0) is 96.0 Å². The van der Waals surface area contributed by atoms with Crippen molar-refractivity contribution < 1.29 is 71.3 Å². The Kier molecular flexibility index (Phi) is 16.0. The Morgan fingerprint density at radius 2 is 1.30 bits per heavy atom. The number of allylic oxidation sites excluding steroid dienone is 5. The summed E-state index contributed by atoms with van der Waals surface area (Å²) >= 11 is 0. The molecule has 0 aliphatic carbocycles. The van der Waals surface area contributed by atoms with Crippen LogP contribution < -0.4 is 9.80 Å². The van der Waals surface area contributed by atoms with Crippen molar-refractivity contribution in [2.24, 2.45) is 0 Å². The number of nitrogens with zero attached hydrogens (tertiary/aromatic N) is 2. The van der Waals surface area contributed by atoms with Gasteiger partial charge in [-0.1, -0.05) is 69.7 Å². The number of carboxylic acids is 1. The van der Waals surface area contributed by atoms with Gasteiger partial charge in [-0.2, -0.15) is 33.7 Å². The molecule has 0 saturated heterocycles. The van der Waals surface area contributed by atoms with Gasteiger partial charge in [0.25, 0.3) is 40.5 Å². The van der Waals surface area contributed by atoms with Crippen LogP contribution in [0, 0.1) is 0 Å². The molecule has 2 aliphatic heterocycles. The number of fused-ring (bicyclic) bond motifs is 6. The minimum atomic E-state index is -4.98. The second-order valence-corrected chi connectivity index (χ2v) is 23.8. The van der Waals surface area contributed by atoms with Gasteiger partial charge in [0.05, 0.1) is 29.9 Å². The molecule has 4 aromatic rings. The van der Waals surface area contributed by atoms with Crippen molar-refractivity contribution in [1.29, 1.82) is 0 Å². The fraction of sp³-hybridized carbons (Fsp3) is 0.426. The summed E-state index contributed by atoms with van der Waals surface area (Å²) in [5, 5.41) is 10.2. The van der Waals surface area contributed by atoms with Crippen molar-refractivity contribution in [2.75, 3.05) is 56.1 Å². The molecule has 0 aromatic heterocycles. The minimum Gasteiger partial charge on any atom is -0.481 e. The highest BCUT2D eigenvalue weighted by Gasteiger charge is 2.48. The number of unbranched alkanes of at least 4 members (excludes halogenated alkanes) is 2. The first-order valence-electron chi connectivity index (χ1n) is 22.0. The van der Waals surface area contributed by atoms with Crippen LogP contribution in [0.5, 0.6) is 0 Å². The third-order valence-electron chi connectivity index (χ3n) is 13.0. The first kappa shape index (κ1) is 53.6. The van der Waals surface area contributed by atoms with Crippen molar-refractivity contribution in [1.82, 2.24) is 0 Å². The Balaban J connectivity index is 1.48. The van der Waals surface area contributed by atoms with Gasteiger partial charge in [0.1, 0.15) is 9.79 Å². The largest absolute Gasteiger partial charge is 0.481 e. The molecular weight excluding hydrogens is 977 g/mol. The zero-order valence-corrected chi connectivity index (χ0v) is 42.1. The van der Waals surface area contributed by atoms with E-state index in [2.05, 4.69) is 4.90 Å². The first-order chi connectivity index (χ1) is 32.1. The Bertz CT molecular complexity index is 3200. The standard InChI is InChI=1S/C47H58N2O16S4/c1-46(2)41(48(22-11-7-10-15-43(50)51)37-18-16-34-36(44(37)46)29-32(67(55,56)57)30-40(34)69(61,62)63)13-8-6-9-14-42-47(3,21-12-26-66(52,53)54)45-35-27-31(20-24-64-4)28-39(68(58,59)60)33(35)17-19-38(45)49(42)23-25-65-5/h6,8-9,13-14,16-19,27-30,42H,7,10-12,15,20-26H2,1-5H3,(H,50,51)(H,52,53,54)(H,55,56,57)(H,58,59,60)(H,61,62,63)/b8-6+,14-9+,41-13+. The third kappa shape index (κ3) is 11.6. The minimum absolute atomic E-state index is 0.0207. The summed E-state index contributed by atoms with van der Waals surface area (Å²) < 4.78 is 151. The van der Waals surface area contributed by atoms with E-state index in [1.54, 1.807) is 37.5 Å². The van der Waals surface area contributed by atoms with E-state index < -0.39 is 78.9 Å². The van der Waals surface area contributed by atoms with Gasteiger partial charge in [0.2, 0.25) is 0 Å². The predicted molar refractivity (Wildman–Crippen MR) is 262 cm³/mol. The highest BCUT2D eigenvalue weighted by Crippen LogP contribution is 2.54. The number of rotatable bonds is 22. The molecule has 6 rings (SSSR count). The molecule has 0 bridgehead atoms. The summed E-state index contributed by atoms with van der Waals surface area (Å²) in [6.45, 7) is 6.95. The van der Waals surface area contributed by atoms with Crippen molar-refractivity contribution in [3.05, 3.63) is 101 Å². The van der Waals surface area contributed by atoms with Gasteiger partial charge in [0.15, 0.2) is 0 Å². The van der Waals surface area contributed by atoms with E-state index in [1.165, 1.54) is 25.3 Å². The Labute approximate surface area is 403 Å². The summed E-state index contributed by atoms with van der Waals surface area (Å²) in [6, 6.07) is 11.1. The zero-order valence-electron chi connectivity index (χ0n) is 38.8. The molecule has 18 nitrogen and oxygen atoms in total. The second-order valence-electron chi connectivity index (χ2n) is 18.0. The van der Waals surface area contributed by atoms with E-state index in [4.69, 9.17) is 9.47 Å². The van der Waals surface area contributed by atoms with Crippen LogP contribution in [-0.4, -0.2) is 115 Å². The van der Waals surface area contributed by atoms with Gasteiger partial charge in [-0.25, -0.2) is 0 Å². The van der Waals surface area contributed by atoms with Crippen molar-refractivity contribution >= 4 is 79.4 Å². The number of hydrogen-bond acceptors (Lipinski definition) is 13. The molecule has 22 heteroatoms. The molecule has 2 unspecified atom stereocenters. The number of carbonyl (C=O) groups is 1. The van der Waals surface area contributed by atoms with Crippen LogP contribution in [0.15, 0.2) is 99.3 Å². The van der Waals surface area contributed by atoms with Crippen molar-refractivity contribution in [2.45, 2.75) is 97.3 Å². The average molecular weight is 1040 g/mol. The molecule has 0 fully saturated rings. The molecule has 376 valence electrons. The number of aliphatic carboxylic acids is 1. The lowest BCUT2D eigenvalue weighted by Crippen LogP contribution is -2.43. The maximum absolute atomic E-state index is 12.9. The summed E-state index contributed by atoms with van der Waals surface area (Å²) in [4.78, 5) is 13.6. The van der Waals surface area contributed by atoms with Crippen LogP contribution in [0.1, 0.15) is 76.0 Å². The first-order valence-corrected chi connectivity index (χ1v) is 28.0. The molecular formula is C47H58N2O16S4. The summed E-state index contributed by atoms with van der Waals surface area (Å²) in [5.74, 6) is -1.46. The van der Waals surface area contributed by atoms with Gasteiger partial charge < -0.3 is 24.4 Å². The zero-order chi connectivity index (χ0) is 50.9. The fourth-order valence-corrected chi connectivity index (χ4v) is 12.6. The summed E-state index contributed by atoms with van der Waals surface area (Å²) in [6.07, 6.45) is 11.2. The quantitative estimate of drug-likeness (QED) is 0.0297. The lowest BCUT2D eigenvalue weighted by Gasteiger charge is -2.35.